The van der Waals surface area contributed by atoms with Crippen molar-refractivity contribution in [2.45, 2.75) is 51.5 Å². The Hall–Kier alpha value is -1.26. The van der Waals surface area contributed by atoms with Crippen molar-refractivity contribution in [3.8, 4) is 0 Å². The molecule has 3 N–H and O–H groups in total. The van der Waals surface area contributed by atoms with Gasteiger partial charge in [-0.2, -0.15) is 0 Å². The maximum Gasteiger partial charge on any atom is 0.326 e. The predicted molar refractivity (Wildman–Crippen MR) is 64.8 cm³/mol. The van der Waals surface area contributed by atoms with Crippen molar-refractivity contribution in [1.82, 2.24) is 10.6 Å². The van der Waals surface area contributed by atoms with Crippen LogP contribution < -0.4 is 10.6 Å². The minimum Gasteiger partial charge on any atom is -0.480 e. The van der Waals surface area contributed by atoms with Crippen molar-refractivity contribution in [3.05, 3.63) is 0 Å². The number of carboxylic acid groups (broad SMARTS) is 1. The highest BCUT2D eigenvalue weighted by atomic mass is 16.4. The van der Waals surface area contributed by atoms with Gasteiger partial charge >= 0.3 is 12.0 Å². The van der Waals surface area contributed by atoms with Gasteiger partial charge in [0.05, 0.1) is 0 Å². The van der Waals surface area contributed by atoms with Crippen molar-refractivity contribution in [1.29, 1.82) is 0 Å². The first-order chi connectivity index (χ1) is 8.15. The molecule has 0 aromatic carbocycles. The van der Waals surface area contributed by atoms with Crippen LogP contribution in [0, 0.1) is 5.92 Å². The van der Waals surface area contributed by atoms with E-state index in [-0.39, 0.29) is 11.9 Å². The van der Waals surface area contributed by atoms with E-state index < -0.39 is 12.0 Å². The topological polar surface area (TPSA) is 78.4 Å². The van der Waals surface area contributed by atoms with Crippen LogP contribution in [0.4, 0.5) is 4.79 Å². The van der Waals surface area contributed by atoms with Crippen LogP contribution in [0.1, 0.15) is 45.4 Å². The summed E-state index contributed by atoms with van der Waals surface area (Å²) >= 11 is 0. The summed E-state index contributed by atoms with van der Waals surface area (Å²) in [6.45, 7) is 2.75. The van der Waals surface area contributed by atoms with E-state index in [4.69, 9.17) is 5.11 Å². The molecule has 1 aliphatic carbocycles. The van der Waals surface area contributed by atoms with Gasteiger partial charge in [0, 0.05) is 6.54 Å². The van der Waals surface area contributed by atoms with E-state index in [0.29, 0.717) is 6.54 Å². The molecule has 5 heteroatoms. The lowest BCUT2D eigenvalue weighted by atomic mass is 10.2. The number of unbranched alkanes of at least 4 members (excludes halogenated alkanes) is 3. The molecule has 0 spiro atoms. The number of hydrogen-bond donors (Lipinski definition) is 3. The summed E-state index contributed by atoms with van der Waals surface area (Å²) in [5.74, 6) is -0.813. The van der Waals surface area contributed by atoms with Crippen LogP contribution in [0.15, 0.2) is 0 Å². The monoisotopic (exact) mass is 242 g/mol. The lowest BCUT2D eigenvalue weighted by Crippen LogP contribution is -2.47. The molecule has 1 rings (SSSR count). The van der Waals surface area contributed by atoms with Gasteiger partial charge in [0.25, 0.3) is 0 Å². The van der Waals surface area contributed by atoms with Gasteiger partial charge in [0.15, 0.2) is 0 Å². The number of hydrogen-bond acceptors (Lipinski definition) is 2. The Bertz CT molecular complexity index is 264. The van der Waals surface area contributed by atoms with E-state index in [1.54, 1.807) is 0 Å². The molecule has 1 saturated carbocycles. The van der Waals surface area contributed by atoms with Crippen LogP contribution in [-0.4, -0.2) is 29.7 Å². The van der Waals surface area contributed by atoms with Gasteiger partial charge in [0.1, 0.15) is 6.04 Å². The van der Waals surface area contributed by atoms with Crippen molar-refractivity contribution >= 4 is 12.0 Å². The number of nitrogens with one attached hydrogen (secondary N) is 2. The largest absolute Gasteiger partial charge is 0.480 e. The molecule has 0 aromatic rings. The van der Waals surface area contributed by atoms with Gasteiger partial charge in [-0.25, -0.2) is 9.59 Å². The number of amides is 2. The standard InChI is InChI=1S/C12H22N2O3/c1-2-3-4-5-8-13-12(17)14-10(11(15)16)9-6-7-9/h9-10H,2-8H2,1H3,(H,15,16)(H2,13,14,17). The average molecular weight is 242 g/mol. The molecule has 0 heterocycles. The fourth-order valence-corrected chi connectivity index (χ4v) is 1.76. The molecule has 98 valence electrons. The summed E-state index contributed by atoms with van der Waals surface area (Å²) < 4.78 is 0. The highest BCUT2D eigenvalue weighted by Gasteiger charge is 2.37. The molecule has 0 aliphatic heterocycles. The molecular weight excluding hydrogens is 220 g/mol. The Balaban J connectivity index is 2.12. The number of carbonyl (C=O) groups is 2. The van der Waals surface area contributed by atoms with Crippen LogP contribution in [0.25, 0.3) is 0 Å². The fourth-order valence-electron chi connectivity index (χ4n) is 1.76. The Morgan fingerprint density at radius 2 is 2.00 bits per heavy atom. The van der Waals surface area contributed by atoms with Crippen molar-refractivity contribution in [2.75, 3.05) is 6.54 Å². The average Bonchev–Trinajstić information content (AvgIpc) is 3.09. The Morgan fingerprint density at radius 3 is 2.53 bits per heavy atom. The van der Waals surface area contributed by atoms with Gasteiger partial charge in [-0.15, -0.1) is 0 Å². The van der Waals surface area contributed by atoms with E-state index in [9.17, 15) is 9.59 Å². The molecule has 0 bridgehead atoms. The zero-order chi connectivity index (χ0) is 12.7. The minimum atomic E-state index is -0.936. The first-order valence-corrected chi connectivity index (χ1v) is 6.42. The minimum absolute atomic E-state index is 0.123. The van der Waals surface area contributed by atoms with Crippen molar-refractivity contribution in [2.24, 2.45) is 5.92 Å². The molecule has 17 heavy (non-hydrogen) atoms. The zero-order valence-electron chi connectivity index (χ0n) is 10.4. The molecule has 5 nitrogen and oxygen atoms in total. The molecule has 0 aromatic heterocycles. The van der Waals surface area contributed by atoms with Crippen molar-refractivity contribution < 1.29 is 14.7 Å². The number of rotatable bonds is 8. The first-order valence-electron chi connectivity index (χ1n) is 6.42. The van der Waals surface area contributed by atoms with Gasteiger partial charge < -0.3 is 15.7 Å². The second-order valence-electron chi connectivity index (χ2n) is 4.61. The summed E-state index contributed by atoms with van der Waals surface area (Å²) in [6.07, 6.45) is 6.17. The SMILES string of the molecule is CCCCCCNC(=O)NC(C(=O)O)C1CC1. The van der Waals surface area contributed by atoms with Crippen molar-refractivity contribution in [3.63, 3.8) is 0 Å². The summed E-state index contributed by atoms with van der Waals surface area (Å²) in [4.78, 5) is 22.3. The molecule has 1 aliphatic rings. The zero-order valence-corrected chi connectivity index (χ0v) is 10.4. The van der Waals surface area contributed by atoms with E-state index >= 15 is 0 Å². The Kier molecular flexibility index (Phi) is 5.80. The van der Waals surface area contributed by atoms with Crippen LogP contribution in [-0.2, 0) is 4.79 Å². The van der Waals surface area contributed by atoms with Crippen LogP contribution in [0.5, 0.6) is 0 Å². The highest BCUT2D eigenvalue weighted by molar-refractivity contribution is 5.83. The molecule has 1 fully saturated rings. The van der Waals surface area contributed by atoms with Crippen LogP contribution in [0.2, 0.25) is 0 Å². The Labute approximate surface area is 102 Å². The fraction of sp³-hybridized carbons (Fsp3) is 0.833. The predicted octanol–water partition coefficient (Wildman–Crippen LogP) is 1.73. The van der Waals surface area contributed by atoms with Crippen LogP contribution in [0.3, 0.4) is 0 Å². The van der Waals surface area contributed by atoms with Crippen LogP contribution >= 0.6 is 0 Å². The molecular formula is C12H22N2O3. The lowest BCUT2D eigenvalue weighted by molar-refractivity contribution is -0.139. The van der Waals surface area contributed by atoms with E-state index in [1.165, 1.54) is 6.42 Å². The third-order valence-corrected chi connectivity index (χ3v) is 2.96. The summed E-state index contributed by atoms with van der Waals surface area (Å²) in [7, 11) is 0. The summed E-state index contributed by atoms with van der Waals surface area (Å²) in [5, 5.41) is 14.1. The molecule has 0 radical (unpaired) electrons. The van der Waals surface area contributed by atoms with Gasteiger partial charge in [-0.3, -0.25) is 0 Å². The van der Waals surface area contributed by atoms with E-state index in [2.05, 4.69) is 17.6 Å². The maximum atomic E-state index is 11.4. The summed E-state index contributed by atoms with van der Waals surface area (Å²) in [6, 6.07) is -1.08. The summed E-state index contributed by atoms with van der Waals surface area (Å²) in [5.41, 5.74) is 0. The number of urea groups is 1. The Morgan fingerprint density at radius 1 is 1.29 bits per heavy atom. The highest BCUT2D eigenvalue weighted by Crippen LogP contribution is 2.32. The molecule has 1 unspecified atom stereocenters. The number of carboxylic acids is 1. The van der Waals surface area contributed by atoms with Gasteiger partial charge in [-0.1, -0.05) is 26.2 Å². The first kappa shape index (κ1) is 13.8. The third kappa shape index (κ3) is 5.56. The number of carbonyl (C=O) groups excluding carboxylic acids is 1. The van der Waals surface area contributed by atoms with E-state index in [1.807, 2.05) is 0 Å². The molecule has 1 atom stereocenters. The molecule has 0 saturated heterocycles. The van der Waals surface area contributed by atoms with E-state index in [0.717, 1.165) is 32.1 Å². The second kappa shape index (κ2) is 7.14. The maximum absolute atomic E-state index is 11.4. The number of aliphatic carboxylic acids is 1. The smallest absolute Gasteiger partial charge is 0.326 e. The molecule has 2 amide bonds. The lowest BCUT2D eigenvalue weighted by Gasteiger charge is -2.14. The third-order valence-electron chi connectivity index (χ3n) is 2.96. The van der Waals surface area contributed by atoms with Gasteiger partial charge in [-0.05, 0) is 25.2 Å². The van der Waals surface area contributed by atoms with Gasteiger partial charge in [0.2, 0.25) is 0 Å². The quantitative estimate of drug-likeness (QED) is 0.567. The second-order valence-corrected chi connectivity index (χ2v) is 4.61. The normalized spacial score (nSPS) is 16.3.